The Balaban J connectivity index is 2.93. The van der Waals surface area contributed by atoms with Crippen molar-refractivity contribution in [1.82, 2.24) is 4.72 Å². The lowest BCUT2D eigenvalue weighted by Gasteiger charge is -2.14. The number of aliphatic hydroxyl groups is 1. The Bertz CT molecular complexity index is 525. The summed E-state index contributed by atoms with van der Waals surface area (Å²) < 4.78 is 35.2. The van der Waals surface area contributed by atoms with E-state index in [0.29, 0.717) is 5.75 Å². The molecule has 106 valence electrons. The van der Waals surface area contributed by atoms with Gasteiger partial charge in [-0.15, -0.1) is 0 Å². The van der Waals surface area contributed by atoms with Gasteiger partial charge in [0.2, 0.25) is 10.0 Å². The maximum atomic E-state index is 12.0. The van der Waals surface area contributed by atoms with Gasteiger partial charge in [-0.25, -0.2) is 8.42 Å². The first-order valence-corrected chi connectivity index (χ1v) is 6.78. The predicted molar refractivity (Wildman–Crippen MR) is 66.2 cm³/mol. The molecule has 1 rings (SSSR count). The van der Waals surface area contributed by atoms with E-state index in [1.165, 1.54) is 31.4 Å². The van der Waals surface area contributed by atoms with Crippen molar-refractivity contribution in [2.24, 2.45) is 0 Å². The van der Waals surface area contributed by atoms with Crippen molar-refractivity contribution in [1.29, 1.82) is 0 Å². The van der Waals surface area contributed by atoms with E-state index in [2.05, 4.69) is 9.46 Å². The van der Waals surface area contributed by atoms with E-state index in [-0.39, 0.29) is 4.90 Å². The van der Waals surface area contributed by atoms with Gasteiger partial charge in [0.1, 0.15) is 11.8 Å². The molecular weight excluding hydrogens is 274 g/mol. The van der Waals surface area contributed by atoms with Gasteiger partial charge in [0.15, 0.2) is 0 Å². The van der Waals surface area contributed by atoms with Crippen molar-refractivity contribution in [3.05, 3.63) is 24.3 Å². The third-order valence-corrected chi connectivity index (χ3v) is 3.82. The van der Waals surface area contributed by atoms with Crippen molar-refractivity contribution in [3.63, 3.8) is 0 Å². The van der Waals surface area contributed by atoms with E-state index in [1.807, 2.05) is 0 Å². The van der Waals surface area contributed by atoms with E-state index < -0.39 is 28.6 Å². The highest BCUT2D eigenvalue weighted by molar-refractivity contribution is 7.89. The Morgan fingerprint density at radius 2 is 1.89 bits per heavy atom. The fraction of sp³-hybridized carbons (Fsp3) is 0.364. The van der Waals surface area contributed by atoms with Crippen LogP contribution in [-0.4, -0.2) is 46.4 Å². The molecule has 0 aromatic heterocycles. The van der Waals surface area contributed by atoms with Gasteiger partial charge in [-0.1, -0.05) is 0 Å². The first kappa shape index (κ1) is 15.4. The quantitative estimate of drug-likeness (QED) is 0.685. The zero-order chi connectivity index (χ0) is 14.5. The molecule has 7 nitrogen and oxygen atoms in total. The lowest BCUT2D eigenvalue weighted by molar-refractivity contribution is -0.143. The fourth-order valence-electron chi connectivity index (χ4n) is 1.31. The van der Waals surface area contributed by atoms with Crippen LogP contribution in [-0.2, 0) is 19.6 Å². The van der Waals surface area contributed by atoms with Gasteiger partial charge in [-0.2, -0.15) is 4.72 Å². The topological polar surface area (TPSA) is 102 Å². The second kappa shape index (κ2) is 6.50. The smallest absolute Gasteiger partial charge is 0.326 e. The molecule has 1 aromatic carbocycles. The van der Waals surface area contributed by atoms with E-state index in [0.717, 1.165) is 7.11 Å². The third-order valence-electron chi connectivity index (χ3n) is 2.34. The SMILES string of the molecule is COC(=O)[C@H](CO)NS(=O)(=O)c1ccc(OC)cc1. The lowest BCUT2D eigenvalue weighted by atomic mass is 10.3. The minimum atomic E-state index is -3.92. The number of hydrogen-bond donors (Lipinski definition) is 2. The molecule has 1 aromatic rings. The van der Waals surface area contributed by atoms with Gasteiger partial charge in [0, 0.05) is 0 Å². The number of ether oxygens (including phenoxy) is 2. The first-order chi connectivity index (χ1) is 8.94. The minimum absolute atomic E-state index is 0.0457. The van der Waals surface area contributed by atoms with Gasteiger partial charge in [-0.05, 0) is 24.3 Å². The molecule has 0 heterocycles. The molecule has 0 radical (unpaired) electrons. The van der Waals surface area contributed by atoms with Gasteiger partial charge >= 0.3 is 5.97 Å². The number of benzene rings is 1. The highest BCUT2D eigenvalue weighted by Crippen LogP contribution is 2.15. The van der Waals surface area contributed by atoms with Gasteiger partial charge in [-0.3, -0.25) is 4.79 Å². The summed E-state index contributed by atoms with van der Waals surface area (Å²) in [4.78, 5) is 11.2. The van der Waals surface area contributed by atoms with Crippen LogP contribution in [0.4, 0.5) is 0 Å². The van der Waals surface area contributed by atoms with Crippen molar-refractivity contribution in [3.8, 4) is 5.75 Å². The fourth-order valence-corrected chi connectivity index (χ4v) is 2.49. The summed E-state index contributed by atoms with van der Waals surface area (Å²) in [5.74, 6) is -0.356. The standard InChI is InChI=1S/C11H15NO6S/c1-17-8-3-5-9(6-4-8)19(15,16)12-10(7-13)11(14)18-2/h3-6,10,12-13H,7H2,1-2H3/t10-/m0/s1. The second-order valence-corrected chi connectivity index (χ2v) is 5.27. The number of aliphatic hydroxyl groups excluding tert-OH is 1. The second-order valence-electron chi connectivity index (χ2n) is 3.56. The number of hydrogen-bond acceptors (Lipinski definition) is 6. The maximum Gasteiger partial charge on any atom is 0.326 e. The zero-order valence-electron chi connectivity index (χ0n) is 10.5. The van der Waals surface area contributed by atoms with E-state index in [9.17, 15) is 13.2 Å². The molecule has 0 spiro atoms. The molecule has 0 aliphatic carbocycles. The molecule has 0 bridgehead atoms. The van der Waals surface area contributed by atoms with Crippen LogP contribution < -0.4 is 9.46 Å². The molecule has 19 heavy (non-hydrogen) atoms. The normalized spacial score (nSPS) is 12.8. The number of carbonyl (C=O) groups is 1. The molecule has 2 N–H and O–H groups in total. The molecule has 0 fully saturated rings. The van der Waals surface area contributed by atoms with E-state index in [1.54, 1.807) is 0 Å². The Morgan fingerprint density at radius 1 is 1.32 bits per heavy atom. The molecule has 0 saturated carbocycles. The summed E-state index contributed by atoms with van der Waals surface area (Å²) in [5.41, 5.74) is 0. The van der Waals surface area contributed by atoms with Crippen molar-refractivity contribution in [2.45, 2.75) is 10.9 Å². The molecular formula is C11H15NO6S. The van der Waals surface area contributed by atoms with E-state index >= 15 is 0 Å². The van der Waals surface area contributed by atoms with Crippen molar-refractivity contribution in [2.75, 3.05) is 20.8 Å². The highest BCUT2D eigenvalue weighted by Gasteiger charge is 2.25. The summed E-state index contributed by atoms with van der Waals surface area (Å²) in [6.07, 6.45) is 0. The number of sulfonamides is 1. The summed E-state index contributed by atoms with van der Waals surface area (Å²) >= 11 is 0. The van der Waals surface area contributed by atoms with Crippen LogP contribution in [0.3, 0.4) is 0 Å². The number of esters is 1. The number of carbonyl (C=O) groups excluding carboxylic acids is 1. The monoisotopic (exact) mass is 289 g/mol. The highest BCUT2D eigenvalue weighted by atomic mass is 32.2. The third kappa shape index (κ3) is 3.91. The first-order valence-electron chi connectivity index (χ1n) is 5.29. The van der Waals surface area contributed by atoms with Crippen LogP contribution in [0.1, 0.15) is 0 Å². The lowest BCUT2D eigenvalue weighted by Crippen LogP contribution is -2.43. The summed E-state index contributed by atoms with van der Waals surface area (Å²) in [6.45, 7) is -0.692. The predicted octanol–water partition coefficient (Wildman–Crippen LogP) is -0.493. The van der Waals surface area contributed by atoms with E-state index in [4.69, 9.17) is 9.84 Å². The Morgan fingerprint density at radius 3 is 2.32 bits per heavy atom. The molecule has 0 amide bonds. The number of nitrogens with one attached hydrogen (secondary N) is 1. The zero-order valence-corrected chi connectivity index (χ0v) is 11.3. The molecule has 0 saturated heterocycles. The Hall–Kier alpha value is -1.64. The van der Waals surface area contributed by atoms with Gasteiger partial charge in [0.05, 0.1) is 25.7 Å². The van der Waals surface area contributed by atoms with Crippen molar-refractivity contribution >= 4 is 16.0 Å². The Kier molecular flexibility index (Phi) is 5.28. The number of rotatable bonds is 6. The molecule has 8 heteroatoms. The maximum absolute atomic E-state index is 12.0. The summed E-state index contributed by atoms with van der Waals surface area (Å²) in [7, 11) is -1.36. The average Bonchev–Trinajstić information content (AvgIpc) is 2.44. The van der Waals surface area contributed by atoms with Crippen LogP contribution in [0.2, 0.25) is 0 Å². The Labute approximate surface area is 111 Å². The van der Waals surface area contributed by atoms with Crippen LogP contribution >= 0.6 is 0 Å². The average molecular weight is 289 g/mol. The van der Waals surface area contributed by atoms with Crippen LogP contribution in [0.25, 0.3) is 0 Å². The minimum Gasteiger partial charge on any atom is -0.497 e. The van der Waals surface area contributed by atoms with Gasteiger partial charge < -0.3 is 14.6 Å². The molecule has 0 aliphatic heterocycles. The summed E-state index contributed by atoms with van der Waals surface area (Å²) in [6, 6.07) is 4.26. The van der Waals surface area contributed by atoms with Crippen LogP contribution in [0, 0.1) is 0 Å². The largest absolute Gasteiger partial charge is 0.497 e. The molecule has 0 unspecified atom stereocenters. The molecule has 0 aliphatic rings. The van der Waals surface area contributed by atoms with Gasteiger partial charge in [0.25, 0.3) is 0 Å². The molecule has 1 atom stereocenters. The van der Waals surface area contributed by atoms with Crippen LogP contribution in [0.5, 0.6) is 5.75 Å². The van der Waals surface area contributed by atoms with Crippen LogP contribution in [0.15, 0.2) is 29.2 Å². The van der Waals surface area contributed by atoms with Crippen molar-refractivity contribution < 1.29 is 27.8 Å². The number of methoxy groups -OCH3 is 2. The summed E-state index contributed by atoms with van der Waals surface area (Å²) in [5, 5.41) is 8.97.